The number of carbonyl (C=O) groups is 1. The van der Waals surface area contributed by atoms with Crippen LogP contribution < -0.4 is 40.7 Å². The standard InChI is InChI=1S/C25H28N8S.C23H22F4N6OS2.C22H23N7O2S.6H2/c1-16-5-6-18-12-20(7-8-21(18)26-16)34-25-28-22(27-23-11-17(2)30-31-23)13-24(29-25)33-14-19(15-33)32-9-3-4-10-32;1-13-10-28-20(35-13)30-17-8-18(33-11-22(24,12-33)14-2-3-14)32-21(31-17)36-16-6-4-15(5-7-16)29-19(34)9-23(25,26)27;1-12-7-19(28-27-12)24-18-9-20(29-10-22(30,11-29)14-3-4-14)26-21(25-18)31-15-5-6-16-17(8-15)32-13(2)23-16;;;;;;/h5-8,11-13,19H,3-4,9-10,14-15H2,1-2H3,(H2,27,28,29,30,31);4-8,10,14H,2-3,9,11-12H2,1H3,(H,29,34)(H,28,30,31,32);5-9,14,30H,3-4,10-11H2,1-2H3,(H2,24,25,26,27,28);6*1H. The molecule has 24 nitrogen and oxygen atoms in total. The Labute approximate surface area is 609 Å². The number of rotatable bonds is 20. The second kappa shape index (κ2) is 28.5. The first kappa shape index (κ1) is 68.4. The highest BCUT2D eigenvalue weighted by atomic mass is 32.2. The number of aromatic amines is 2. The van der Waals surface area contributed by atoms with Gasteiger partial charge in [0.2, 0.25) is 5.91 Å². The molecule has 6 fully saturated rings. The van der Waals surface area contributed by atoms with Crippen molar-refractivity contribution in [3.05, 3.63) is 136 Å². The Morgan fingerprint density at radius 1 is 0.647 bits per heavy atom. The smallest absolute Gasteiger partial charge is 0.397 e. The number of carbonyl (C=O) groups excluding carboxylic acids is 1. The number of aliphatic hydroxyl groups is 1. The quantitative estimate of drug-likeness (QED) is 0.0276. The number of thiazole rings is 2. The van der Waals surface area contributed by atoms with Crippen molar-refractivity contribution >= 4 is 131 Å². The zero-order valence-electron chi connectivity index (χ0n) is 56.3. The van der Waals surface area contributed by atoms with Crippen molar-refractivity contribution in [2.24, 2.45) is 11.8 Å². The molecule has 1 amide bonds. The molecule has 4 aliphatic heterocycles. The highest BCUT2D eigenvalue weighted by Crippen LogP contribution is 2.49. The van der Waals surface area contributed by atoms with Crippen molar-refractivity contribution in [1.29, 1.82) is 0 Å². The van der Waals surface area contributed by atoms with Gasteiger partial charge in [-0.15, -0.1) is 22.7 Å². The van der Waals surface area contributed by atoms with E-state index in [1.807, 2.05) is 88.0 Å². The van der Waals surface area contributed by atoms with E-state index >= 15 is 0 Å². The van der Waals surface area contributed by atoms with Crippen LogP contribution in [0.4, 0.5) is 74.9 Å². The highest BCUT2D eigenvalue weighted by Gasteiger charge is 2.55. The van der Waals surface area contributed by atoms with Crippen LogP contribution >= 0.6 is 46.2 Å². The molecule has 0 atom stereocenters. The molecule has 32 heteroatoms. The van der Waals surface area contributed by atoms with Crippen LogP contribution in [0.5, 0.6) is 11.8 Å². The summed E-state index contributed by atoms with van der Waals surface area (Å²) in [5.41, 5.74) is 3.42. The van der Waals surface area contributed by atoms with Gasteiger partial charge in [-0.1, -0.05) is 6.07 Å². The lowest BCUT2D eigenvalue weighted by Gasteiger charge is -2.47. The molecule has 3 aromatic carbocycles. The molecule has 102 heavy (non-hydrogen) atoms. The summed E-state index contributed by atoms with van der Waals surface area (Å²) < 4.78 is 59.2. The summed E-state index contributed by atoms with van der Waals surface area (Å²) in [6.07, 6.45) is 2.35. The molecule has 0 unspecified atom stereocenters. The number of likely N-dealkylation sites (tertiary alicyclic amines) is 1. The second-order valence-electron chi connectivity index (χ2n) is 26.7. The van der Waals surface area contributed by atoms with Gasteiger partial charge in [0.15, 0.2) is 27.1 Å². The Balaban J connectivity index is 0.000000182. The lowest BCUT2D eigenvalue weighted by atomic mass is 9.89. The lowest BCUT2D eigenvalue weighted by molar-refractivity contribution is -0.150. The first-order valence-corrected chi connectivity index (χ1v) is 36.9. The summed E-state index contributed by atoms with van der Waals surface area (Å²) in [5, 5.41) is 41.1. The number of anilines is 10. The molecule has 17 rings (SSSR count). The molecule has 2 saturated carbocycles. The SMILES string of the molecule is Cc1cc(Nc2cc(N3CC(O)(C4CC4)C3)nc(Oc3ccc4nc(C)sc4c3)n2)n[nH]1.Cc1ccc2cc(Sc3nc(Nc4cc(C)[nH]n4)cc(N4CC(N5CCCC5)C4)n3)ccc2n1.Cc1cnc(Nc2cc(N3CC(F)(C4CC4)C3)nc(Sc3ccc(NC(=O)CC(F)(F)F)cc3)n2)s1.[HH].[HH].[HH].[HH].[HH].[HH]. The van der Waals surface area contributed by atoms with E-state index in [0.717, 1.165) is 119 Å². The van der Waals surface area contributed by atoms with E-state index in [1.54, 1.807) is 47.5 Å². The fourth-order valence-electron chi connectivity index (χ4n) is 12.7. The third kappa shape index (κ3) is 16.7. The molecule has 8 aromatic heterocycles. The van der Waals surface area contributed by atoms with E-state index in [-0.39, 0.29) is 26.2 Å². The highest BCUT2D eigenvalue weighted by molar-refractivity contribution is 7.99. The van der Waals surface area contributed by atoms with Gasteiger partial charge in [-0.2, -0.15) is 33.3 Å². The van der Waals surface area contributed by atoms with E-state index in [9.17, 15) is 27.5 Å². The molecular weight excluding hydrogens is 1390 g/mol. The van der Waals surface area contributed by atoms with Crippen LogP contribution in [0, 0.1) is 46.5 Å². The number of pyridine rings is 1. The van der Waals surface area contributed by atoms with Gasteiger partial charge in [0, 0.05) is 113 Å². The third-order valence-electron chi connectivity index (χ3n) is 18.2. The summed E-state index contributed by atoms with van der Waals surface area (Å²) in [6, 6.07) is 33.0. The summed E-state index contributed by atoms with van der Waals surface area (Å²) in [5.74, 6) is 5.62. The van der Waals surface area contributed by atoms with Crippen molar-refractivity contribution < 1.29 is 40.8 Å². The number of benzene rings is 3. The zero-order chi connectivity index (χ0) is 70.4. The van der Waals surface area contributed by atoms with Crippen LogP contribution in [-0.2, 0) is 4.79 Å². The number of halogens is 4. The first-order valence-electron chi connectivity index (χ1n) is 33.7. The first-order chi connectivity index (χ1) is 49.1. The fraction of sp³-hybridized carbons (Fsp3) is 0.371. The average Bonchev–Trinajstić information content (AvgIpc) is 1.47. The van der Waals surface area contributed by atoms with Gasteiger partial charge in [0.25, 0.3) is 0 Å². The summed E-state index contributed by atoms with van der Waals surface area (Å²) in [7, 11) is 0. The molecule has 12 heterocycles. The van der Waals surface area contributed by atoms with Crippen LogP contribution in [0.1, 0.15) is 80.5 Å². The number of aromatic nitrogens is 13. The van der Waals surface area contributed by atoms with Crippen LogP contribution in [0.15, 0.2) is 129 Å². The van der Waals surface area contributed by atoms with Crippen molar-refractivity contribution in [1.82, 2.24) is 70.2 Å². The van der Waals surface area contributed by atoms with Gasteiger partial charge in [-0.25, -0.2) is 34.3 Å². The normalized spacial score (nSPS) is 17.1. The Kier molecular flexibility index (Phi) is 19.1. The maximum atomic E-state index is 14.9. The van der Waals surface area contributed by atoms with Crippen molar-refractivity contribution in [2.75, 3.05) is 88.3 Å². The Bertz CT molecular complexity index is 4880. The number of fused-ring (bicyclic) bond motifs is 2. The number of H-pyrrole nitrogens is 2. The average molecular weight is 1470 g/mol. The predicted octanol–water partition coefficient (Wildman–Crippen LogP) is 15.9. The number of alkyl halides is 4. The summed E-state index contributed by atoms with van der Waals surface area (Å²) in [6.45, 7) is 16.1. The van der Waals surface area contributed by atoms with E-state index in [4.69, 9.17) is 14.7 Å². The molecule has 6 aliphatic rings. The number of β-amino-alcohol motifs (C(OH)–C–C–N with tert-alkyl or cyclic N) is 1. The number of hydrogen-bond donors (Lipinski definition) is 7. The van der Waals surface area contributed by atoms with Crippen molar-refractivity contribution in [3.8, 4) is 11.8 Å². The number of nitrogens with one attached hydrogen (secondary N) is 6. The lowest BCUT2D eigenvalue weighted by Crippen LogP contribution is -2.63. The van der Waals surface area contributed by atoms with Gasteiger partial charge in [0.05, 0.1) is 46.9 Å². The van der Waals surface area contributed by atoms with Crippen LogP contribution in [0.25, 0.3) is 21.1 Å². The van der Waals surface area contributed by atoms with Crippen LogP contribution in [0.2, 0.25) is 0 Å². The molecular formula is C70H85F4N21O3S4. The maximum absolute atomic E-state index is 14.9. The van der Waals surface area contributed by atoms with Gasteiger partial charge in [0.1, 0.15) is 58.3 Å². The van der Waals surface area contributed by atoms with Gasteiger partial charge < -0.3 is 45.8 Å². The molecule has 11 aromatic rings. The monoisotopic (exact) mass is 1470 g/mol. The number of nitrogens with zero attached hydrogens (tertiary/aromatic N) is 15. The predicted molar refractivity (Wildman–Crippen MR) is 403 cm³/mol. The fourth-order valence-corrected chi connectivity index (χ4v) is 15.8. The Morgan fingerprint density at radius 2 is 1.25 bits per heavy atom. The Hall–Kier alpha value is -9.34. The summed E-state index contributed by atoms with van der Waals surface area (Å²) >= 11 is 5.92. The van der Waals surface area contributed by atoms with Gasteiger partial charge in [-0.3, -0.25) is 24.9 Å². The molecule has 2 aliphatic carbocycles. The topological polar surface area (TPSA) is 281 Å². The third-order valence-corrected chi connectivity index (χ3v) is 21.7. The molecule has 0 bridgehead atoms. The second-order valence-corrected chi connectivity index (χ2v) is 31.3. The zero-order valence-corrected chi connectivity index (χ0v) is 59.6. The largest absolute Gasteiger partial charge is 0.424 e. The van der Waals surface area contributed by atoms with Gasteiger partial charge in [-0.05, 0) is 182 Å². The minimum atomic E-state index is -4.57. The number of ether oxygens (including phenoxy) is 1. The van der Waals surface area contributed by atoms with Crippen molar-refractivity contribution in [3.63, 3.8) is 0 Å². The molecule has 4 saturated heterocycles. The summed E-state index contributed by atoms with van der Waals surface area (Å²) in [4.78, 5) is 64.8. The number of amides is 1. The maximum Gasteiger partial charge on any atom is 0.397 e. The molecule has 7 N–H and O–H groups in total. The molecule has 0 spiro atoms. The minimum absolute atomic E-state index is 0. The Morgan fingerprint density at radius 3 is 1.88 bits per heavy atom. The van der Waals surface area contributed by atoms with E-state index < -0.39 is 29.8 Å². The van der Waals surface area contributed by atoms with Crippen LogP contribution in [0.3, 0.4) is 0 Å². The number of aryl methyl sites for hydroxylation is 5. The van der Waals surface area contributed by atoms with E-state index in [2.05, 4.69) is 116 Å². The van der Waals surface area contributed by atoms with Crippen molar-refractivity contribution in [2.45, 2.75) is 123 Å². The van der Waals surface area contributed by atoms with Crippen LogP contribution in [-0.4, -0.2) is 157 Å². The minimum Gasteiger partial charge on any atom is -0.424 e. The van der Waals surface area contributed by atoms with E-state index in [0.29, 0.717) is 83.3 Å². The van der Waals surface area contributed by atoms with Gasteiger partial charge >= 0.3 is 12.2 Å². The van der Waals surface area contributed by atoms with E-state index in [1.165, 1.54) is 61.2 Å². The number of hydrogen-bond acceptors (Lipinski definition) is 25. The molecule has 0 radical (unpaired) electrons. The molecule has 540 valence electrons.